The Bertz CT molecular complexity index is 556. The Morgan fingerprint density at radius 3 is 2.33 bits per heavy atom. The number of carbonyl (C=O) groups excluding carboxylic acids is 2. The van der Waals surface area contributed by atoms with Crippen LogP contribution in [0.1, 0.15) is 46.0 Å². The molecule has 0 saturated carbocycles. The molecule has 5 nitrogen and oxygen atoms in total. The summed E-state index contributed by atoms with van der Waals surface area (Å²) in [6.45, 7) is 10.1. The van der Waals surface area contributed by atoms with Gasteiger partial charge in [-0.15, -0.1) is 6.58 Å². The molecule has 0 aliphatic rings. The quantitative estimate of drug-likeness (QED) is 0.597. The van der Waals surface area contributed by atoms with Crippen molar-refractivity contribution in [1.29, 1.82) is 0 Å². The van der Waals surface area contributed by atoms with Crippen LogP contribution in [0.3, 0.4) is 0 Å². The van der Waals surface area contributed by atoms with Crippen LogP contribution in [-0.2, 0) is 17.7 Å². The second-order valence-electron chi connectivity index (χ2n) is 4.95. The number of esters is 1. The van der Waals surface area contributed by atoms with E-state index < -0.39 is 5.97 Å². The van der Waals surface area contributed by atoms with Gasteiger partial charge in [0, 0.05) is 32.0 Å². The second-order valence-corrected chi connectivity index (χ2v) is 4.95. The first-order valence-corrected chi connectivity index (χ1v) is 7.12. The Morgan fingerprint density at radius 2 is 1.90 bits per heavy atom. The molecule has 0 spiro atoms. The monoisotopic (exact) mass is 292 g/mol. The predicted molar refractivity (Wildman–Crippen MR) is 82.7 cm³/mol. The van der Waals surface area contributed by atoms with Gasteiger partial charge >= 0.3 is 5.97 Å². The van der Waals surface area contributed by atoms with Crippen LogP contribution in [0.15, 0.2) is 12.7 Å². The number of carbonyl (C=O) groups is 2. The first-order valence-electron chi connectivity index (χ1n) is 7.12. The third-order valence-electron chi connectivity index (χ3n) is 3.38. The van der Waals surface area contributed by atoms with Crippen molar-refractivity contribution in [3.05, 3.63) is 35.2 Å². The van der Waals surface area contributed by atoms with Crippen molar-refractivity contribution >= 4 is 11.9 Å². The minimum absolute atomic E-state index is 0.187. The van der Waals surface area contributed by atoms with Crippen LogP contribution < -0.4 is 0 Å². The number of allylic oxidation sites excluding steroid dienone is 1. The topological polar surface area (TPSA) is 51.5 Å². The van der Waals surface area contributed by atoms with Crippen LogP contribution in [-0.4, -0.2) is 42.0 Å². The molecule has 116 valence electrons. The van der Waals surface area contributed by atoms with Gasteiger partial charge in [-0.1, -0.05) is 13.0 Å². The van der Waals surface area contributed by atoms with Crippen molar-refractivity contribution in [2.45, 2.75) is 33.7 Å². The third-order valence-corrected chi connectivity index (χ3v) is 3.38. The number of hydrogen-bond donors (Lipinski definition) is 0. The molecule has 1 amide bonds. The smallest absolute Gasteiger partial charge is 0.340 e. The van der Waals surface area contributed by atoms with E-state index in [4.69, 9.17) is 4.74 Å². The van der Waals surface area contributed by atoms with E-state index in [2.05, 4.69) is 6.58 Å². The van der Waals surface area contributed by atoms with E-state index in [0.29, 0.717) is 24.1 Å². The zero-order chi connectivity index (χ0) is 16.2. The molecular formula is C16H24N2O3. The van der Waals surface area contributed by atoms with Gasteiger partial charge in [-0.05, 0) is 20.3 Å². The van der Waals surface area contributed by atoms with E-state index in [9.17, 15) is 9.59 Å². The van der Waals surface area contributed by atoms with Gasteiger partial charge in [-0.3, -0.25) is 4.79 Å². The van der Waals surface area contributed by atoms with Crippen LogP contribution in [0.4, 0.5) is 0 Å². The van der Waals surface area contributed by atoms with E-state index in [1.54, 1.807) is 27.1 Å². The van der Waals surface area contributed by atoms with Crippen molar-refractivity contribution in [1.82, 2.24) is 9.47 Å². The summed E-state index contributed by atoms with van der Waals surface area (Å²) in [5.41, 5.74) is 2.40. The Kier molecular flexibility index (Phi) is 5.76. The van der Waals surface area contributed by atoms with Gasteiger partial charge in [0.05, 0.1) is 17.7 Å². The number of hydrogen-bond acceptors (Lipinski definition) is 3. The summed E-state index contributed by atoms with van der Waals surface area (Å²) in [7, 11) is 3.35. The average molecular weight is 292 g/mol. The highest BCUT2D eigenvalue weighted by molar-refractivity contribution is 6.07. The minimum Gasteiger partial charge on any atom is -0.462 e. The number of aromatic nitrogens is 1. The molecule has 1 aromatic rings. The van der Waals surface area contributed by atoms with Crippen LogP contribution >= 0.6 is 0 Å². The number of ether oxygens (including phenoxy) is 1. The zero-order valence-corrected chi connectivity index (χ0v) is 13.5. The maximum Gasteiger partial charge on any atom is 0.340 e. The Labute approximate surface area is 126 Å². The first-order chi connectivity index (χ1) is 9.90. The lowest BCUT2D eigenvalue weighted by molar-refractivity contribution is 0.0519. The molecule has 21 heavy (non-hydrogen) atoms. The fourth-order valence-corrected chi connectivity index (χ4v) is 2.45. The summed E-state index contributed by atoms with van der Waals surface area (Å²) in [6, 6.07) is 0. The van der Waals surface area contributed by atoms with Gasteiger partial charge in [0.1, 0.15) is 0 Å². The molecule has 0 aromatic carbocycles. The molecule has 0 N–H and O–H groups in total. The van der Waals surface area contributed by atoms with E-state index in [-0.39, 0.29) is 12.5 Å². The van der Waals surface area contributed by atoms with Crippen LogP contribution in [0, 0.1) is 6.92 Å². The Morgan fingerprint density at radius 1 is 1.29 bits per heavy atom. The summed E-state index contributed by atoms with van der Waals surface area (Å²) < 4.78 is 7.09. The van der Waals surface area contributed by atoms with Gasteiger partial charge in [-0.25, -0.2) is 4.79 Å². The first kappa shape index (κ1) is 17.0. The standard InChI is InChI=1S/C16H24N2O3/c1-7-10-18-11(4)13(15(19)17(5)6)14(12(18)8-2)16(20)21-9-3/h7H,1,8-10H2,2-6H3. The van der Waals surface area contributed by atoms with Gasteiger partial charge in [-0.2, -0.15) is 0 Å². The van der Waals surface area contributed by atoms with Crippen molar-refractivity contribution in [3.63, 3.8) is 0 Å². The summed E-state index contributed by atoms with van der Waals surface area (Å²) in [5.74, 6) is -0.626. The van der Waals surface area contributed by atoms with E-state index >= 15 is 0 Å². The maximum atomic E-state index is 12.5. The van der Waals surface area contributed by atoms with E-state index in [0.717, 1.165) is 11.4 Å². The third kappa shape index (κ3) is 3.17. The summed E-state index contributed by atoms with van der Waals surface area (Å²) in [6.07, 6.45) is 2.40. The van der Waals surface area contributed by atoms with Gasteiger partial charge in [0.25, 0.3) is 5.91 Å². The number of nitrogens with zero attached hydrogens (tertiary/aromatic N) is 2. The molecule has 0 bridgehead atoms. The molecule has 1 rings (SSSR count). The largest absolute Gasteiger partial charge is 0.462 e. The number of amides is 1. The van der Waals surface area contributed by atoms with Crippen molar-refractivity contribution < 1.29 is 14.3 Å². The van der Waals surface area contributed by atoms with Crippen LogP contribution in [0.5, 0.6) is 0 Å². The molecule has 0 aliphatic heterocycles. The van der Waals surface area contributed by atoms with Gasteiger partial charge in [0.2, 0.25) is 0 Å². The van der Waals surface area contributed by atoms with Crippen molar-refractivity contribution in [2.75, 3.05) is 20.7 Å². The fraction of sp³-hybridized carbons (Fsp3) is 0.500. The van der Waals surface area contributed by atoms with Crippen LogP contribution in [0.2, 0.25) is 0 Å². The lowest BCUT2D eigenvalue weighted by Crippen LogP contribution is -2.24. The summed E-state index contributed by atoms with van der Waals surface area (Å²) >= 11 is 0. The highest BCUT2D eigenvalue weighted by atomic mass is 16.5. The average Bonchev–Trinajstić information content (AvgIpc) is 2.71. The normalized spacial score (nSPS) is 10.3. The fourth-order valence-electron chi connectivity index (χ4n) is 2.45. The Balaban J connectivity index is 3.62. The minimum atomic E-state index is -0.439. The molecule has 0 fully saturated rings. The molecule has 0 radical (unpaired) electrons. The Hall–Kier alpha value is -2.04. The zero-order valence-electron chi connectivity index (χ0n) is 13.5. The molecule has 0 aliphatic carbocycles. The number of rotatable bonds is 6. The summed E-state index contributed by atoms with van der Waals surface area (Å²) in [4.78, 5) is 26.2. The van der Waals surface area contributed by atoms with E-state index in [1.807, 2.05) is 18.4 Å². The van der Waals surface area contributed by atoms with Crippen molar-refractivity contribution in [2.24, 2.45) is 0 Å². The molecule has 0 atom stereocenters. The second kappa shape index (κ2) is 7.11. The molecule has 0 unspecified atom stereocenters. The molecule has 5 heteroatoms. The van der Waals surface area contributed by atoms with E-state index in [1.165, 1.54) is 4.90 Å². The SMILES string of the molecule is C=CCn1c(C)c(C(=O)N(C)C)c(C(=O)OCC)c1CC. The molecule has 1 heterocycles. The van der Waals surface area contributed by atoms with Crippen molar-refractivity contribution in [3.8, 4) is 0 Å². The molecular weight excluding hydrogens is 268 g/mol. The lowest BCUT2D eigenvalue weighted by Gasteiger charge is -2.12. The lowest BCUT2D eigenvalue weighted by atomic mass is 10.1. The molecule has 1 aromatic heterocycles. The molecule has 0 saturated heterocycles. The predicted octanol–water partition coefficient (Wildman–Crippen LogP) is 2.42. The highest BCUT2D eigenvalue weighted by Crippen LogP contribution is 2.26. The maximum absolute atomic E-state index is 12.5. The van der Waals surface area contributed by atoms with Crippen LogP contribution in [0.25, 0.3) is 0 Å². The highest BCUT2D eigenvalue weighted by Gasteiger charge is 2.29. The summed E-state index contributed by atoms with van der Waals surface area (Å²) in [5, 5.41) is 0. The van der Waals surface area contributed by atoms with Gasteiger partial charge < -0.3 is 14.2 Å². The van der Waals surface area contributed by atoms with Gasteiger partial charge in [0.15, 0.2) is 0 Å².